The van der Waals surface area contributed by atoms with E-state index in [1.165, 1.54) is 15.4 Å². The number of hydrogen-bond acceptors (Lipinski definition) is 8. The molecule has 4 rings (SSSR count). The summed E-state index contributed by atoms with van der Waals surface area (Å²) < 4.78 is 6.92. The summed E-state index contributed by atoms with van der Waals surface area (Å²) in [6, 6.07) is 14.5. The Kier molecular flexibility index (Phi) is 7.73. The van der Waals surface area contributed by atoms with Gasteiger partial charge in [0.25, 0.3) is 11.5 Å². The molecular formula is C24H24N4O4S2. The summed E-state index contributed by atoms with van der Waals surface area (Å²) in [4.78, 5) is 32.7. The third-order valence-corrected chi connectivity index (χ3v) is 6.67. The molecule has 1 amide bonds. The van der Waals surface area contributed by atoms with E-state index in [2.05, 4.69) is 10.3 Å². The summed E-state index contributed by atoms with van der Waals surface area (Å²) in [6.45, 7) is 1.10. The van der Waals surface area contributed by atoms with E-state index >= 15 is 0 Å². The molecule has 1 atom stereocenters. The zero-order chi connectivity index (χ0) is 24.1. The lowest BCUT2D eigenvalue weighted by Gasteiger charge is -2.15. The van der Waals surface area contributed by atoms with E-state index in [-0.39, 0.29) is 29.4 Å². The molecule has 3 heterocycles. The molecule has 2 N–H and O–H groups in total. The number of carbonyl (C=O) groups excluding carboxylic acids is 1. The lowest BCUT2D eigenvalue weighted by molar-refractivity contribution is -0.122. The molecule has 0 bridgehead atoms. The average molecular weight is 497 g/mol. The number of ether oxygens (including phenoxy) is 1. The number of pyridine rings is 1. The number of anilines is 1. The van der Waals surface area contributed by atoms with Crippen LogP contribution >= 0.6 is 24.0 Å². The van der Waals surface area contributed by atoms with Gasteiger partial charge < -0.3 is 15.2 Å². The first kappa shape index (κ1) is 24.1. The van der Waals surface area contributed by atoms with E-state index in [1.54, 1.807) is 31.5 Å². The topological polar surface area (TPSA) is 96.2 Å². The molecule has 0 radical (unpaired) electrons. The predicted octanol–water partition coefficient (Wildman–Crippen LogP) is 3.08. The van der Waals surface area contributed by atoms with Crippen LogP contribution in [0.15, 0.2) is 64.4 Å². The van der Waals surface area contributed by atoms with Gasteiger partial charge in [0.2, 0.25) is 0 Å². The van der Waals surface area contributed by atoms with Crippen LogP contribution in [0.3, 0.4) is 0 Å². The number of nitrogens with zero attached hydrogens (tertiary/aromatic N) is 3. The number of carbonyl (C=O) groups is 1. The Balaban J connectivity index is 1.67. The molecule has 0 saturated carbocycles. The van der Waals surface area contributed by atoms with E-state index in [1.807, 2.05) is 30.3 Å². The zero-order valence-corrected chi connectivity index (χ0v) is 20.1. The van der Waals surface area contributed by atoms with Crippen molar-refractivity contribution in [2.45, 2.75) is 12.5 Å². The van der Waals surface area contributed by atoms with Crippen LogP contribution < -0.4 is 10.9 Å². The van der Waals surface area contributed by atoms with Crippen molar-refractivity contribution < 1.29 is 14.6 Å². The number of methoxy groups -OCH3 is 1. The second-order valence-electron chi connectivity index (χ2n) is 7.60. The lowest BCUT2D eigenvalue weighted by Crippen LogP contribution is -2.29. The van der Waals surface area contributed by atoms with E-state index in [0.717, 1.165) is 17.3 Å². The number of rotatable bonds is 9. The fraction of sp³-hybridized carbons (Fsp3) is 0.250. The molecule has 3 aromatic rings. The van der Waals surface area contributed by atoms with Crippen molar-refractivity contribution in [3.05, 3.63) is 81.1 Å². The molecule has 0 spiro atoms. The van der Waals surface area contributed by atoms with Gasteiger partial charge in [0.05, 0.1) is 16.6 Å². The standard InChI is InChI=1S/C24H24N4O4S2/c1-32-13-7-12-28-23(31)19(34-24(28)33)14-17-21(25-15-18(29)16-8-3-2-4-9-16)26-20-10-5-6-11-27(20)22(17)30/h2-6,8-11,14,18,25,29H,7,12-13,15H2,1H3. The van der Waals surface area contributed by atoms with Crippen molar-refractivity contribution >= 4 is 51.7 Å². The van der Waals surface area contributed by atoms with Crippen LogP contribution in [-0.2, 0) is 9.53 Å². The first-order valence-electron chi connectivity index (χ1n) is 10.7. The van der Waals surface area contributed by atoms with Gasteiger partial charge in [0.15, 0.2) is 0 Å². The summed E-state index contributed by atoms with van der Waals surface area (Å²) in [5.41, 5.74) is 1.09. The normalized spacial score (nSPS) is 15.9. The highest BCUT2D eigenvalue weighted by Crippen LogP contribution is 2.33. The lowest BCUT2D eigenvalue weighted by atomic mass is 10.1. The highest BCUT2D eigenvalue weighted by Gasteiger charge is 2.32. The van der Waals surface area contributed by atoms with Crippen LogP contribution in [0.2, 0.25) is 0 Å². The van der Waals surface area contributed by atoms with Gasteiger partial charge in [-0.05, 0) is 30.2 Å². The van der Waals surface area contributed by atoms with E-state index < -0.39 is 6.10 Å². The van der Waals surface area contributed by atoms with Crippen molar-refractivity contribution in [1.29, 1.82) is 0 Å². The number of aromatic nitrogens is 2. The van der Waals surface area contributed by atoms with E-state index in [0.29, 0.717) is 34.4 Å². The zero-order valence-electron chi connectivity index (χ0n) is 18.5. The quantitative estimate of drug-likeness (QED) is 0.265. The summed E-state index contributed by atoms with van der Waals surface area (Å²) in [6.07, 6.45) is 3.01. The minimum Gasteiger partial charge on any atom is -0.387 e. The molecule has 1 aromatic carbocycles. The Labute approximate surface area is 206 Å². The summed E-state index contributed by atoms with van der Waals surface area (Å²) >= 11 is 6.54. The Bertz CT molecular complexity index is 1290. The van der Waals surface area contributed by atoms with Gasteiger partial charge in [-0.25, -0.2) is 4.98 Å². The van der Waals surface area contributed by atoms with Crippen LogP contribution in [0.1, 0.15) is 23.7 Å². The van der Waals surface area contributed by atoms with Crippen molar-refractivity contribution in [3.63, 3.8) is 0 Å². The summed E-state index contributed by atoms with van der Waals surface area (Å²) in [5.74, 6) is 0.0368. The number of thiocarbonyl (C=S) groups is 1. The monoisotopic (exact) mass is 496 g/mol. The molecule has 1 unspecified atom stereocenters. The molecule has 1 aliphatic rings. The molecule has 34 heavy (non-hydrogen) atoms. The van der Waals surface area contributed by atoms with Gasteiger partial charge >= 0.3 is 0 Å². The van der Waals surface area contributed by atoms with E-state index in [9.17, 15) is 14.7 Å². The average Bonchev–Trinajstić information content (AvgIpc) is 3.12. The highest BCUT2D eigenvalue weighted by atomic mass is 32.2. The number of amides is 1. The Hall–Kier alpha value is -3.05. The molecule has 8 nitrogen and oxygen atoms in total. The van der Waals surface area contributed by atoms with Crippen molar-refractivity contribution in [1.82, 2.24) is 14.3 Å². The molecular weight excluding hydrogens is 472 g/mol. The predicted molar refractivity (Wildman–Crippen MR) is 138 cm³/mol. The van der Waals surface area contributed by atoms with Gasteiger partial charge in [0.1, 0.15) is 15.8 Å². The van der Waals surface area contributed by atoms with Crippen LogP contribution in [0.25, 0.3) is 11.7 Å². The number of thioether (sulfide) groups is 1. The number of hydrogen-bond donors (Lipinski definition) is 2. The van der Waals surface area contributed by atoms with Crippen LogP contribution in [-0.4, -0.2) is 56.4 Å². The van der Waals surface area contributed by atoms with Crippen molar-refractivity contribution in [2.75, 3.05) is 32.1 Å². The Morgan fingerprint density at radius 3 is 2.74 bits per heavy atom. The second kappa shape index (κ2) is 10.9. The van der Waals surface area contributed by atoms with Crippen LogP contribution in [0, 0.1) is 0 Å². The van der Waals surface area contributed by atoms with Gasteiger partial charge in [0, 0.05) is 33.0 Å². The molecule has 10 heteroatoms. The molecule has 1 saturated heterocycles. The number of aliphatic hydroxyl groups is 1. The Morgan fingerprint density at radius 1 is 1.21 bits per heavy atom. The molecule has 176 valence electrons. The van der Waals surface area contributed by atoms with Gasteiger partial charge in [-0.1, -0.05) is 60.4 Å². The minimum absolute atomic E-state index is 0.137. The maximum atomic E-state index is 13.3. The number of fused-ring (bicyclic) bond motifs is 1. The first-order chi connectivity index (χ1) is 16.5. The van der Waals surface area contributed by atoms with Crippen molar-refractivity contribution in [2.24, 2.45) is 0 Å². The number of aliphatic hydroxyl groups excluding tert-OH is 1. The number of nitrogens with one attached hydrogen (secondary N) is 1. The molecule has 2 aromatic heterocycles. The van der Waals surface area contributed by atoms with Crippen LogP contribution in [0.5, 0.6) is 0 Å². The molecule has 1 fully saturated rings. The van der Waals surface area contributed by atoms with Crippen LogP contribution in [0.4, 0.5) is 5.82 Å². The Morgan fingerprint density at radius 2 is 1.97 bits per heavy atom. The second-order valence-corrected chi connectivity index (χ2v) is 9.27. The summed E-state index contributed by atoms with van der Waals surface area (Å²) in [5, 5.41) is 13.7. The minimum atomic E-state index is -0.802. The van der Waals surface area contributed by atoms with Gasteiger partial charge in [-0.2, -0.15) is 0 Å². The first-order valence-corrected chi connectivity index (χ1v) is 11.9. The molecule has 1 aliphatic heterocycles. The largest absolute Gasteiger partial charge is 0.387 e. The summed E-state index contributed by atoms with van der Waals surface area (Å²) in [7, 11) is 1.60. The van der Waals surface area contributed by atoms with Gasteiger partial charge in [-0.3, -0.25) is 18.9 Å². The van der Waals surface area contributed by atoms with Crippen molar-refractivity contribution in [3.8, 4) is 0 Å². The highest BCUT2D eigenvalue weighted by molar-refractivity contribution is 8.26. The smallest absolute Gasteiger partial charge is 0.267 e. The SMILES string of the molecule is COCCCN1C(=O)C(=Cc2c(NCC(O)c3ccccc3)nc3ccccn3c2=O)SC1=S. The third-order valence-electron chi connectivity index (χ3n) is 5.30. The van der Waals surface area contributed by atoms with E-state index in [4.69, 9.17) is 17.0 Å². The van der Waals surface area contributed by atoms with Gasteiger partial charge in [-0.15, -0.1) is 0 Å². The fourth-order valence-corrected chi connectivity index (χ4v) is 4.84. The maximum absolute atomic E-state index is 13.3. The molecule has 0 aliphatic carbocycles. The number of benzene rings is 1. The third kappa shape index (κ3) is 5.20. The maximum Gasteiger partial charge on any atom is 0.267 e. The fourth-order valence-electron chi connectivity index (χ4n) is 3.54.